The van der Waals surface area contributed by atoms with Gasteiger partial charge >= 0.3 is 11.9 Å². The zero-order chi connectivity index (χ0) is 13.7. The molecule has 96 valence electrons. The van der Waals surface area contributed by atoms with Crippen LogP contribution in [0.15, 0.2) is 24.3 Å². The average Bonchev–Trinajstić information content (AvgIpc) is 2.28. The summed E-state index contributed by atoms with van der Waals surface area (Å²) in [5.41, 5.74) is -0.108. The lowest BCUT2D eigenvalue weighted by Gasteiger charge is -2.10. The van der Waals surface area contributed by atoms with E-state index in [1.165, 1.54) is 38.1 Å². The van der Waals surface area contributed by atoms with Gasteiger partial charge in [0.25, 0.3) is 5.69 Å². The Labute approximate surface area is 102 Å². The van der Waals surface area contributed by atoms with E-state index in [1.54, 1.807) is 0 Å². The summed E-state index contributed by atoms with van der Waals surface area (Å²) in [5, 5.41) is 10.4. The van der Waals surface area contributed by atoms with Crippen LogP contribution >= 0.6 is 0 Å². The first-order chi connectivity index (χ1) is 8.40. The summed E-state index contributed by atoms with van der Waals surface area (Å²) in [5.74, 6) is -1.20. The monoisotopic (exact) mass is 253 g/mol. The summed E-state index contributed by atoms with van der Waals surface area (Å²) in [6.45, 7) is 2.55. The van der Waals surface area contributed by atoms with Crippen molar-refractivity contribution in [1.82, 2.24) is 0 Å². The van der Waals surface area contributed by atoms with Crippen molar-refractivity contribution >= 4 is 17.6 Å². The van der Waals surface area contributed by atoms with E-state index < -0.39 is 23.0 Å². The minimum Gasteiger partial charge on any atom is -0.451 e. The van der Waals surface area contributed by atoms with E-state index in [0.717, 1.165) is 0 Å². The van der Waals surface area contributed by atoms with Gasteiger partial charge in [-0.25, -0.2) is 4.79 Å². The molecule has 0 saturated carbocycles. The van der Waals surface area contributed by atoms with Gasteiger partial charge in [0.2, 0.25) is 0 Å². The number of hydrogen-bond acceptors (Lipinski definition) is 6. The molecule has 0 N–H and O–H groups in total. The Morgan fingerprint density at radius 3 is 2.28 bits per heavy atom. The van der Waals surface area contributed by atoms with Crippen molar-refractivity contribution in [2.24, 2.45) is 0 Å². The molecule has 0 heterocycles. The highest BCUT2D eigenvalue weighted by molar-refractivity contribution is 5.80. The second-order valence-corrected chi connectivity index (χ2v) is 3.42. The minimum atomic E-state index is -1.03. The first kappa shape index (κ1) is 13.6. The van der Waals surface area contributed by atoms with E-state index in [1.807, 2.05) is 0 Å². The van der Waals surface area contributed by atoms with Gasteiger partial charge in [0.15, 0.2) is 6.10 Å². The van der Waals surface area contributed by atoms with Gasteiger partial charge in [0.05, 0.1) is 4.92 Å². The van der Waals surface area contributed by atoms with Crippen molar-refractivity contribution in [3.05, 3.63) is 34.4 Å². The van der Waals surface area contributed by atoms with Crippen LogP contribution in [0.2, 0.25) is 0 Å². The number of esters is 2. The van der Waals surface area contributed by atoms with Crippen LogP contribution in [0.25, 0.3) is 0 Å². The zero-order valence-corrected chi connectivity index (χ0v) is 9.78. The number of ether oxygens (including phenoxy) is 2. The Morgan fingerprint density at radius 2 is 1.83 bits per heavy atom. The largest absolute Gasteiger partial charge is 0.451 e. The van der Waals surface area contributed by atoms with Crippen LogP contribution in [0.1, 0.15) is 13.8 Å². The fourth-order valence-electron chi connectivity index (χ4n) is 1.13. The van der Waals surface area contributed by atoms with Crippen molar-refractivity contribution in [2.45, 2.75) is 20.0 Å². The fraction of sp³-hybridized carbons (Fsp3) is 0.273. The smallest absolute Gasteiger partial charge is 0.352 e. The molecule has 0 aromatic heterocycles. The van der Waals surface area contributed by atoms with Crippen LogP contribution < -0.4 is 4.74 Å². The molecule has 1 rings (SSSR count). The lowest BCUT2D eigenvalue weighted by Crippen LogP contribution is -2.27. The standard InChI is InChI=1S/C11H11NO6/c1-7(17-8(2)13)11(14)18-10-5-3-9(4-6-10)12(15)16/h3-7H,1-2H3/t7-/m0/s1. The predicted molar refractivity (Wildman–Crippen MR) is 60.0 cm³/mol. The van der Waals surface area contributed by atoms with Gasteiger partial charge in [-0.3, -0.25) is 14.9 Å². The topological polar surface area (TPSA) is 95.7 Å². The van der Waals surface area contributed by atoms with Gasteiger partial charge in [-0.15, -0.1) is 0 Å². The highest BCUT2D eigenvalue weighted by Crippen LogP contribution is 2.17. The second-order valence-electron chi connectivity index (χ2n) is 3.42. The third kappa shape index (κ3) is 3.85. The van der Waals surface area contributed by atoms with Crippen LogP contribution in [-0.4, -0.2) is 23.0 Å². The van der Waals surface area contributed by atoms with Gasteiger partial charge in [0.1, 0.15) is 5.75 Å². The summed E-state index contributed by atoms with van der Waals surface area (Å²) in [6.07, 6.45) is -1.03. The Hall–Kier alpha value is -2.44. The summed E-state index contributed by atoms with van der Waals surface area (Å²) < 4.78 is 9.50. The molecule has 0 fully saturated rings. The number of carbonyl (C=O) groups excluding carboxylic acids is 2. The molecule has 0 aliphatic heterocycles. The summed E-state index contributed by atoms with van der Waals surface area (Å²) >= 11 is 0. The number of nitrogens with zero attached hydrogens (tertiary/aromatic N) is 1. The number of benzene rings is 1. The number of nitro groups is 1. The Bertz CT molecular complexity index is 467. The highest BCUT2D eigenvalue weighted by Gasteiger charge is 2.18. The van der Waals surface area contributed by atoms with E-state index in [-0.39, 0.29) is 11.4 Å². The van der Waals surface area contributed by atoms with Gasteiger partial charge in [0, 0.05) is 19.1 Å². The van der Waals surface area contributed by atoms with Crippen LogP contribution in [0.4, 0.5) is 5.69 Å². The normalized spacial score (nSPS) is 11.4. The molecule has 1 aromatic carbocycles. The molecular weight excluding hydrogens is 242 g/mol. The Kier molecular flexibility index (Phi) is 4.36. The number of nitro benzene ring substituents is 1. The number of rotatable bonds is 4. The van der Waals surface area contributed by atoms with Crippen molar-refractivity contribution < 1.29 is 24.0 Å². The van der Waals surface area contributed by atoms with Crippen molar-refractivity contribution in [3.8, 4) is 5.75 Å². The summed E-state index contributed by atoms with van der Waals surface area (Å²) in [4.78, 5) is 31.9. The second kappa shape index (κ2) is 5.76. The molecule has 1 aromatic rings. The molecule has 0 bridgehead atoms. The van der Waals surface area contributed by atoms with Crippen molar-refractivity contribution in [2.75, 3.05) is 0 Å². The maximum atomic E-state index is 11.4. The molecule has 0 aliphatic carbocycles. The zero-order valence-electron chi connectivity index (χ0n) is 9.78. The number of non-ortho nitro benzene ring substituents is 1. The van der Waals surface area contributed by atoms with Crippen LogP contribution in [0, 0.1) is 10.1 Å². The summed E-state index contributed by atoms with van der Waals surface area (Å²) in [7, 11) is 0. The third-order valence-corrected chi connectivity index (χ3v) is 1.94. The maximum Gasteiger partial charge on any atom is 0.352 e. The van der Waals surface area contributed by atoms with Gasteiger partial charge in [-0.05, 0) is 19.1 Å². The number of hydrogen-bond donors (Lipinski definition) is 0. The number of carbonyl (C=O) groups is 2. The molecule has 0 saturated heterocycles. The van der Waals surface area contributed by atoms with E-state index >= 15 is 0 Å². The predicted octanol–water partition coefficient (Wildman–Crippen LogP) is 1.45. The Balaban J connectivity index is 2.64. The third-order valence-electron chi connectivity index (χ3n) is 1.94. The van der Waals surface area contributed by atoms with Crippen LogP contribution in [-0.2, 0) is 14.3 Å². The van der Waals surface area contributed by atoms with Crippen molar-refractivity contribution in [1.29, 1.82) is 0 Å². The first-order valence-corrected chi connectivity index (χ1v) is 5.03. The fourth-order valence-corrected chi connectivity index (χ4v) is 1.13. The molecule has 0 radical (unpaired) electrons. The average molecular weight is 253 g/mol. The summed E-state index contributed by atoms with van der Waals surface area (Å²) in [6, 6.07) is 4.99. The molecule has 7 nitrogen and oxygen atoms in total. The van der Waals surface area contributed by atoms with Gasteiger partial charge in [-0.1, -0.05) is 0 Å². The molecule has 0 aliphatic rings. The van der Waals surface area contributed by atoms with Crippen molar-refractivity contribution in [3.63, 3.8) is 0 Å². The van der Waals surface area contributed by atoms with Crippen LogP contribution in [0.3, 0.4) is 0 Å². The van der Waals surface area contributed by atoms with E-state index in [9.17, 15) is 19.7 Å². The Morgan fingerprint density at radius 1 is 1.28 bits per heavy atom. The molecular formula is C11H11NO6. The molecule has 0 unspecified atom stereocenters. The molecule has 1 atom stereocenters. The molecule has 0 amide bonds. The first-order valence-electron chi connectivity index (χ1n) is 5.03. The van der Waals surface area contributed by atoms with Gasteiger partial charge < -0.3 is 9.47 Å². The van der Waals surface area contributed by atoms with Crippen LogP contribution in [0.5, 0.6) is 5.75 Å². The van der Waals surface area contributed by atoms with E-state index in [2.05, 4.69) is 4.74 Å². The molecule has 0 spiro atoms. The lowest BCUT2D eigenvalue weighted by molar-refractivity contribution is -0.384. The lowest BCUT2D eigenvalue weighted by atomic mass is 10.3. The quantitative estimate of drug-likeness (QED) is 0.349. The minimum absolute atomic E-state index is 0.108. The van der Waals surface area contributed by atoms with Gasteiger partial charge in [-0.2, -0.15) is 0 Å². The van der Waals surface area contributed by atoms with E-state index in [4.69, 9.17) is 4.74 Å². The molecule has 18 heavy (non-hydrogen) atoms. The SMILES string of the molecule is CC(=O)O[C@@H](C)C(=O)Oc1ccc([N+](=O)[O-])cc1. The molecule has 7 heteroatoms. The highest BCUT2D eigenvalue weighted by atomic mass is 16.6. The maximum absolute atomic E-state index is 11.4. The van der Waals surface area contributed by atoms with E-state index in [0.29, 0.717) is 0 Å².